The fraction of sp³-hybridized carbons (Fsp3) is 0.286. The maximum absolute atomic E-state index is 12.4. The first kappa shape index (κ1) is 17.7. The number of sulfonamides is 1. The smallest absolute Gasteiger partial charge is 0.240 e. The van der Waals surface area contributed by atoms with Crippen molar-refractivity contribution < 1.29 is 8.42 Å². The predicted octanol–water partition coefficient (Wildman–Crippen LogP) is 3.64. The molecule has 0 saturated carbocycles. The molecule has 1 atom stereocenters. The Morgan fingerprint density at radius 2 is 1.95 bits per heavy atom. The lowest BCUT2D eigenvalue weighted by Gasteiger charge is -2.24. The van der Waals surface area contributed by atoms with Crippen molar-refractivity contribution in [3.8, 4) is 0 Å². The third kappa shape index (κ3) is 4.22. The van der Waals surface area contributed by atoms with Crippen LogP contribution in [0.25, 0.3) is 0 Å². The number of nitrogens with zero attached hydrogens (tertiary/aromatic N) is 1. The molecule has 120 valence electrons. The number of benzene rings is 1. The lowest BCUT2D eigenvalue weighted by Crippen LogP contribution is -2.34. The van der Waals surface area contributed by atoms with Crippen LogP contribution in [0.3, 0.4) is 0 Å². The monoisotopic (exact) mass is 378 g/mol. The highest BCUT2D eigenvalue weighted by Crippen LogP contribution is 2.25. The summed E-state index contributed by atoms with van der Waals surface area (Å²) < 4.78 is 27.4. The van der Waals surface area contributed by atoms with Crippen LogP contribution in [0.15, 0.2) is 39.9 Å². The molecule has 0 amide bonds. The molecule has 0 radical (unpaired) electrons. The van der Waals surface area contributed by atoms with E-state index in [9.17, 15) is 8.42 Å². The van der Waals surface area contributed by atoms with Gasteiger partial charge in [0.25, 0.3) is 0 Å². The summed E-state index contributed by atoms with van der Waals surface area (Å²) in [6, 6.07) is 6.21. The van der Waals surface area contributed by atoms with Gasteiger partial charge < -0.3 is 4.90 Å². The standard InChI is InChI=1S/C14H16Cl2N2O2S2/c1-18(2)14(10-5-6-21-9-10)8-17-22(19,20)11-3-4-12(15)13(16)7-11/h3-7,9,14,17H,8H2,1-2H3. The largest absolute Gasteiger partial charge is 0.301 e. The van der Waals surface area contributed by atoms with Gasteiger partial charge >= 0.3 is 0 Å². The Kier molecular flexibility index (Phi) is 5.87. The number of rotatable bonds is 6. The van der Waals surface area contributed by atoms with Crippen LogP contribution < -0.4 is 4.72 Å². The van der Waals surface area contributed by atoms with Crippen LogP contribution in [0.5, 0.6) is 0 Å². The van der Waals surface area contributed by atoms with Crippen LogP contribution in [0, 0.1) is 0 Å². The van der Waals surface area contributed by atoms with Crippen molar-refractivity contribution in [2.75, 3.05) is 20.6 Å². The van der Waals surface area contributed by atoms with E-state index in [0.29, 0.717) is 5.02 Å². The third-order valence-electron chi connectivity index (χ3n) is 3.22. The summed E-state index contributed by atoms with van der Waals surface area (Å²) in [6.07, 6.45) is 0. The highest BCUT2D eigenvalue weighted by atomic mass is 35.5. The Bertz CT molecular complexity index is 731. The van der Waals surface area contributed by atoms with Gasteiger partial charge in [0.2, 0.25) is 10.0 Å². The fourth-order valence-corrected chi connectivity index (χ4v) is 4.11. The first-order valence-corrected chi connectivity index (χ1v) is 9.62. The van der Waals surface area contributed by atoms with Gasteiger partial charge in [0.05, 0.1) is 14.9 Å². The summed E-state index contributed by atoms with van der Waals surface area (Å²) in [7, 11) is 0.189. The molecule has 0 aliphatic rings. The minimum atomic E-state index is -3.64. The summed E-state index contributed by atoms with van der Waals surface area (Å²) in [5, 5.41) is 4.52. The van der Waals surface area contributed by atoms with Crippen LogP contribution >= 0.6 is 34.5 Å². The molecule has 0 aliphatic heterocycles. The molecule has 1 aromatic heterocycles. The molecule has 2 aromatic rings. The van der Waals surface area contributed by atoms with E-state index < -0.39 is 10.0 Å². The Morgan fingerprint density at radius 1 is 1.23 bits per heavy atom. The number of likely N-dealkylation sites (N-methyl/N-ethyl adjacent to an activating group) is 1. The van der Waals surface area contributed by atoms with Gasteiger partial charge in [-0.05, 0) is 54.7 Å². The van der Waals surface area contributed by atoms with E-state index in [1.54, 1.807) is 11.3 Å². The molecule has 22 heavy (non-hydrogen) atoms. The van der Waals surface area contributed by atoms with Crippen LogP contribution in [0.1, 0.15) is 11.6 Å². The second-order valence-corrected chi connectivity index (χ2v) is 8.33. The van der Waals surface area contributed by atoms with Gasteiger partial charge in [-0.1, -0.05) is 23.2 Å². The van der Waals surface area contributed by atoms with Gasteiger partial charge in [0, 0.05) is 12.6 Å². The average molecular weight is 379 g/mol. The minimum Gasteiger partial charge on any atom is -0.301 e. The summed E-state index contributed by atoms with van der Waals surface area (Å²) in [4.78, 5) is 2.07. The molecule has 0 saturated heterocycles. The molecule has 1 N–H and O–H groups in total. The molecule has 0 bridgehead atoms. The van der Waals surface area contributed by atoms with Gasteiger partial charge in [-0.3, -0.25) is 0 Å². The Balaban J connectivity index is 2.16. The zero-order chi connectivity index (χ0) is 16.3. The normalized spacial score (nSPS) is 13.5. The summed E-state index contributed by atoms with van der Waals surface area (Å²) >= 11 is 13.3. The van der Waals surface area contributed by atoms with Gasteiger partial charge in [-0.25, -0.2) is 13.1 Å². The second-order valence-electron chi connectivity index (χ2n) is 4.96. The van der Waals surface area contributed by atoms with Gasteiger partial charge in [0.15, 0.2) is 0 Å². The van der Waals surface area contributed by atoms with E-state index >= 15 is 0 Å². The molecule has 4 nitrogen and oxygen atoms in total. The Labute approximate surface area is 144 Å². The van der Waals surface area contributed by atoms with Crippen molar-refractivity contribution in [1.29, 1.82) is 0 Å². The molecule has 0 fully saturated rings. The van der Waals surface area contributed by atoms with E-state index in [1.165, 1.54) is 18.2 Å². The van der Waals surface area contributed by atoms with Crippen molar-refractivity contribution in [2.45, 2.75) is 10.9 Å². The molecular formula is C14H16Cl2N2O2S2. The number of halogens is 2. The van der Waals surface area contributed by atoms with E-state index in [4.69, 9.17) is 23.2 Å². The van der Waals surface area contributed by atoms with Gasteiger partial charge in [-0.2, -0.15) is 11.3 Å². The van der Waals surface area contributed by atoms with Crippen LogP contribution in [-0.4, -0.2) is 34.0 Å². The number of hydrogen-bond donors (Lipinski definition) is 1. The lowest BCUT2D eigenvalue weighted by atomic mass is 10.1. The van der Waals surface area contributed by atoms with E-state index in [-0.39, 0.29) is 22.5 Å². The first-order chi connectivity index (χ1) is 10.3. The number of thiophene rings is 1. The summed E-state index contributed by atoms with van der Waals surface area (Å²) in [5.41, 5.74) is 1.08. The number of nitrogens with one attached hydrogen (secondary N) is 1. The van der Waals surface area contributed by atoms with Crippen LogP contribution in [0.4, 0.5) is 0 Å². The van der Waals surface area contributed by atoms with Crippen LogP contribution in [-0.2, 0) is 10.0 Å². The van der Waals surface area contributed by atoms with Crippen molar-refractivity contribution in [3.63, 3.8) is 0 Å². The van der Waals surface area contributed by atoms with Gasteiger partial charge in [-0.15, -0.1) is 0 Å². The first-order valence-electron chi connectivity index (χ1n) is 6.44. The minimum absolute atomic E-state index is 0.0382. The Hall–Kier alpha value is -0.630. The molecule has 0 spiro atoms. The van der Waals surface area contributed by atoms with E-state index in [0.717, 1.165) is 5.56 Å². The maximum atomic E-state index is 12.4. The SMILES string of the molecule is CN(C)C(CNS(=O)(=O)c1ccc(Cl)c(Cl)c1)c1ccsc1. The zero-order valence-electron chi connectivity index (χ0n) is 12.1. The lowest BCUT2D eigenvalue weighted by molar-refractivity contribution is 0.300. The van der Waals surface area contributed by atoms with Crippen molar-refractivity contribution >= 4 is 44.6 Å². The molecule has 2 rings (SSSR count). The average Bonchev–Trinajstić information content (AvgIpc) is 2.95. The highest BCUT2D eigenvalue weighted by molar-refractivity contribution is 7.89. The highest BCUT2D eigenvalue weighted by Gasteiger charge is 2.20. The topological polar surface area (TPSA) is 49.4 Å². The second kappa shape index (κ2) is 7.29. The van der Waals surface area contributed by atoms with E-state index in [2.05, 4.69) is 4.72 Å². The maximum Gasteiger partial charge on any atom is 0.240 e. The van der Waals surface area contributed by atoms with Crippen molar-refractivity contribution in [1.82, 2.24) is 9.62 Å². The summed E-state index contributed by atoms with van der Waals surface area (Å²) in [6.45, 7) is 0.270. The molecular weight excluding hydrogens is 363 g/mol. The van der Waals surface area contributed by atoms with Crippen molar-refractivity contribution in [2.24, 2.45) is 0 Å². The van der Waals surface area contributed by atoms with Crippen molar-refractivity contribution in [3.05, 3.63) is 50.6 Å². The predicted molar refractivity (Wildman–Crippen MR) is 92.4 cm³/mol. The molecule has 8 heteroatoms. The third-order valence-corrected chi connectivity index (χ3v) is 6.08. The number of hydrogen-bond acceptors (Lipinski definition) is 4. The molecule has 0 aliphatic carbocycles. The summed E-state index contributed by atoms with van der Waals surface area (Å²) in [5.74, 6) is 0. The Morgan fingerprint density at radius 3 is 2.50 bits per heavy atom. The molecule has 1 unspecified atom stereocenters. The zero-order valence-corrected chi connectivity index (χ0v) is 15.2. The van der Waals surface area contributed by atoms with Gasteiger partial charge in [0.1, 0.15) is 0 Å². The molecule has 1 heterocycles. The fourth-order valence-electron chi connectivity index (χ4n) is 1.98. The van der Waals surface area contributed by atoms with Crippen LogP contribution in [0.2, 0.25) is 10.0 Å². The quantitative estimate of drug-likeness (QED) is 0.834. The van der Waals surface area contributed by atoms with E-state index in [1.807, 2.05) is 35.8 Å². The molecule has 1 aromatic carbocycles.